The lowest BCUT2D eigenvalue weighted by Gasteiger charge is -2.33. The van der Waals surface area contributed by atoms with Crippen LogP contribution in [0.4, 0.5) is 5.69 Å². The highest BCUT2D eigenvalue weighted by Gasteiger charge is 2.38. The second-order valence-corrected chi connectivity index (χ2v) is 7.61. The smallest absolute Gasteiger partial charge is 0.0642 e. The van der Waals surface area contributed by atoms with Crippen LogP contribution in [0.5, 0.6) is 0 Å². The van der Waals surface area contributed by atoms with Crippen molar-refractivity contribution in [3.05, 3.63) is 65.2 Å². The van der Waals surface area contributed by atoms with Gasteiger partial charge in [-0.2, -0.15) is 0 Å². The summed E-state index contributed by atoms with van der Waals surface area (Å²) in [5.41, 5.74) is 6.02. The monoisotopic (exact) mass is 334 g/mol. The first-order valence-electron chi connectivity index (χ1n) is 9.63. The molecule has 2 aromatic rings. The normalized spacial score (nSPS) is 25.8. The zero-order valence-electron chi connectivity index (χ0n) is 14.7. The van der Waals surface area contributed by atoms with Gasteiger partial charge in [0.15, 0.2) is 0 Å². The van der Waals surface area contributed by atoms with Gasteiger partial charge in [-0.15, -0.1) is 0 Å². The van der Waals surface area contributed by atoms with E-state index in [2.05, 4.69) is 58.3 Å². The summed E-state index contributed by atoms with van der Waals surface area (Å²) in [5, 5.41) is 0. The number of morpholine rings is 1. The maximum Gasteiger partial charge on any atom is 0.0642 e. The number of benzene rings is 2. The number of hydrogen-bond acceptors (Lipinski definition) is 3. The maximum atomic E-state index is 5.51. The molecule has 2 heterocycles. The van der Waals surface area contributed by atoms with Gasteiger partial charge in [-0.25, -0.2) is 0 Å². The third kappa shape index (κ3) is 2.86. The third-order valence-corrected chi connectivity index (χ3v) is 6.19. The minimum absolute atomic E-state index is 0.604. The fourth-order valence-corrected chi connectivity index (χ4v) is 4.86. The Morgan fingerprint density at radius 1 is 0.920 bits per heavy atom. The molecule has 2 aliphatic heterocycles. The number of fused-ring (bicyclic) bond motifs is 5. The van der Waals surface area contributed by atoms with Gasteiger partial charge >= 0.3 is 0 Å². The summed E-state index contributed by atoms with van der Waals surface area (Å²) in [6, 6.07) is 18.8. The van der Waals surface area contributed by atoms with E-state index in [-0.39, 0.29) is 0 Å². The zero-order chi connectivity index (χ0) is 16.6. The maximum absolute atomic E-state index is 5.51. The van der Waals surface area contributed by atoms with Crippen molar-refractivity contribution in [2.45, 2.75) is 31.3 Å². The lowest BCUT2D eigenvalue weighted by molar-refractivity contribution is 0.122. The number of hydrogen-bond donors (Lipinski definition) is 0. The molecule has 0 unspecified atom stereocenters. The van der Waals surface area contributed by atoms with Crippen molar-refractivity contribution in [3.8, 4) is 0 Å². The first-order valence-corrected chi connectivity index (χ1v) is 9.63. The summed E-state index contributed by atoms with van der Waals surface area (Å²) < 4.78 is 5.51. The van der Waals surface area contributed by atoms with Crippen LogP contribution < -0.4 is 4.90 Å². The van der Waals surface area contributed by atoms with Crippen LogP contribution >= 0.6 is 0 Å². The van der Waals surface area contributed by atoms with Crippen LogP contribution in [-0.2, 0) is 11.3 Å². The fraction of sp³-hybridized carbons (Fsp3) is 0.455. The lowest BCUT2D eigenvalue weighted by atomic mass is 9.95. The number of ether oxygens (including phenoxy) is 1. The van der Waals surface area contributed by atoms with Crippen molar-refractivity contribution in [2.75, 3.05) is 37.7 Å². The molecule has 130 valence electrons. The largest absolute Gasteiger partial charge is 0.378 e. The van der Waals surface area contributed by atoms with Crippen LogP contribution in [0.15, 0.2) is 48.5 Å². The minimum Gasteiger partial charge on any atom is -0.378 e. The predicted molar refractivity (Wildman–Crippen MR) is 101 cm³/mol. The average Bonchev–Trinajstić information content (AvgIpc) is 2.98. The quantitative estimate of drug-likeness (QED) is 0.845. The van der Waals surface area contributed by atoms with Gasteiger partial charge in [0.2, 0.25) is 0 Å². The summed E-state index contributed by atoms with van der Waals surface area (Å²) >= 11 is 0. The van der Waals surface area contributed by atoms with E-state index < -0.39 is 0 Å². The molecule has 0 spiro atoms. The van der Waals surface area contributed by atoms with Crippen LogP contribution in [0.1, 0.15) is 41.5 Å². The van der Waals surface area contributed by atoms with Crippen LogP contribution in [-0.4, -0.2) is 37.7 Å². The molecular formula is C22H26N2O. The van der Waals surface area contributed by atoms with Crippen LogP contribution in [0, 0.1) is 0 Å². The molecule has 0 radical (unpaired) electrons. The molecule has 0 saturated carbocycles. The van der Waals surface area contributed by atoms with Gasteiger partial charge in [-0.1, -0.05) is 36.4 Å². The Morgan fingerprint density at radius 2 is 1.76 bits per heavy atom. The second kappa shape index (κ2) is 6.47. The molecule has 2 fully saturated rings. The predicted octanol–water partition coefficient (Wildman–Crippen LogP) is 3.96. The standard InChI is InChI=1S/C22H26N2O/c1-2-4-17(5-3-1)16-24-9-8-18-14-22(24)20-7-6-19(15-21(18)20)23-10-12-25-13-11-23/h1-7,15,18,22H,8-14,16H2/t18-,22+/m0/s1. The van der Waals surface area contributed by atoms with E-state index in [4.69, 9.17) is 4.74 Å². The molecule has 2 bridgehead atoms. The molecule has 5 rings (SSSR count). The molecule has 2 atom stereocenters. The van der Waals surface area contributed by atoms with Gasteiger partial charge in [0.05, 0.1) is 13.2 Å². The molecule has 3 nitrogen and oxygen atoms in total. The SMILES string of the molecule is c1ccc(CN2CC[C@H]3C[C@@H]2c2ccc(N4CCOCC4)cc23)cc1. The van der Waals surface area contributed by atoms with Crippen LogP contribution in [0.25, 0.3) is 0 Å². The van der Waals surface area contributed by atoms with Crippen LogP contribution in [0.2, 0.25) is 0 Å². The van der Waals surface area contributed by atoms with Crippen molar-refractivity contribution in [2.24, 2.45) is 0 Å². The van der Waals surface area contributed by atoms with E-state index in [1.54, 1.807) is 11.1 Å². The van der Waals surface area contributed by atoms with Gasteiger partial charge in [0.25, 0.3) is 0 Å². The van der Waals surface area contributed by atoms with Gasteiger partial charge in [0.1, 0.15) is 0 Å². The third-order valence-electron chi connectivity index (χ3n) is 6.19. The Morgan fingerprint density at radius 3 is 2.60 bits per heavy atom. The Bertz CT molecular complexity index is 739. The molecule has 2 aromatic carbocycles. The van der Waals surface area contributed by atoms with E-state index in [9.17, 15) is 0 Å². The van der Waals surface area contributed by atoms with Crippen molar-refractivity contribution in [1.29, 1.82) is 0 Å². The first-order chi connectivity index (χ1) is 12.4. The Balaban J connectivity index is 1.40. The van der Waals surface area contributed by atoms with Gasteiger partial charge in [0, 0.05) is 31.4 Å². The van der Waals surface area contributed by atoms with Gasteiger partial charge in [-0.3, -0.25) is 4.90 Å². The summed E-state index contributed by atoms with van der Waals surface area (Å²) in [5.74, 6) is 0.757. The highest BCUT2D eigenvalue weighted by Crippen LogP contribution is 2.50. The Hall–Kier alpha value is -1.84. The van der Waals surface area contributed by atoms with Crippen molar-refractivity contribution in [1.82, 2.24) is 4.90 Å². The lowest BCUT2D eigenvalue weighted by Crippen LogP contribution is -2.36. The van der Waals surface area contributed by atoms with E-state index in [1.165, 1.54) is 30.6 Å². The van der Waals surface area contributed by atoms with Crippen molar-refractivity contribution < 1.29 is 4.74 Å². The molecule has 0 aromatic heterocycles. The minimum atomic E-state index is 0.604. The number of rotatable bonds is 3. The number of piperidine rings is 1. The van der Waals surface area contributed by atoms with Crippen molar-refractivity contribution in [3.63, 3.8) is 0 Å². The summed E-state index contributed by atoms with van der Waals surface area (Å²) in [6.45, 7) is 6.04. The number of anilines is 1. The molecule has 0 N–H and O–H groups in total. The summed E-state index contributed by atoms with van der Waals surface area (Å²) in [4.78, 5) is 5.17. The summed E-state index contributed by atoms with van der Waals surface area (Å²) in [7, 11) is 0. The molecule has 0 amide bonds. The zero-order valence-corrected chi connectivity index (χ0v) is 14.7. The van der Waals surface area contributed by atoms with Crippen molar-refractivity contribution >= 4 is 5.69 Å². The van der Waals surface area contributed by atoms with E-state index in [0.717, 1.165) is 38.8 Å². The second-order valence-electron chi connectivity index (χ2n) is 7.61. The topological polar surface area (TPSA) is 15.7 Å². The Kier molecular flexibility index (Phi) is 3.99. The van der Waals surface area contributed by atoms with Gasteiger partial charge < -0.3 is 9.64 Å². The highest BCUT2D eigenvalue weighted by molar-refractivity contribution is 5.55. The molecule has 3 aliphatic rings. The molecular weight excluding hydrogens is 308 g/mol. The van der Waals surface area contributed by atoms with E-state index in [0.29, 0.717) is 6.04 Å². The molecule has 1 aliphatic carbocycles. The number of likely N-dealkylation sites (tertiary alicyclic amines) is 1. The first kappa shape index (κ1) is 15.4. The number of nitrogens with zero attached hydrogens (tertiary/aromatic N) is 2. The van der Waals surface area contributed by atoms with E-state index >= 15 is 0 Å². The van der Waals surface area contributed by atoms with Crippen LogP contribution in [0.3, 0.4) is 0 Å². The molecule has 2 saturated heterocycles. The summed E-state index contributed by atoms with van der Waals surface area (Å²) in [6.07, 6.45) is 2.59. The molecule has 3 heteroatoms. The Labute approximate surface area is 150 Å². The highest BCUT2D eigenvalue weighted by atomic mass is 16.5. The fourth-order valence-electron chi connectivity index (χ4n) is 4.86. The van der Waals surface area contributed by atoms with Gasteiger partial charge in [-0.05, 0) is 54.1 Å². The molecule has 25 heavy (non-hydrogen) atoms. The average molecular weight is 334 g/mol. The van der Waals surface area contributed by atoms with E-state index in [1.807, 2.05) is 0 Å².